The fraction of sp³-hybridized carbons (Fsp3) is 0.192. The van der Waals surface area contributed by atoms with Crippen molar-refractivity contribution in [3.05, 3.63) is 90.0 Å². The second-order valence-corrected chi connectivity index (χ2v) is 8.33. The van der Waals surface area contributed by atoms with Gasteiger partial charge in [0.2, 0.25) is 5.91 Å². The number of thiocarbonyl (C=S) groups is 1. The lowest BCUT2D eigenvalue weighted by Crippen LogP contribution is -2.39. The van der Waals surface area contributed by atoms with E-state index in [9.17, 15) is 18.4 Å². The molecule has 1 saturated heterocycles. The molecule has 6 nitrogen and oxygen atoms in total. The molecule has 0 spiro atoms. The third-order valence-corrected chi connectivity index (χ3v) is 6.15. The van der Waals surface area contributed by atoms with Crippen LogP contribution in [0.3, 0.4) is 0 Å². The van der Waals surface area contributed by atoms with Crippen LogP contribution in [-0.2, 0) is 16.0 Å². The maximum Gasteiger partial charge on any atom is 0.256 e. The molecule has 0 aliphatic carbocycles. The van der Waals surface area contributed by atoms with Gasteiger partial charge in [-0.05, 0) is 78.8 Å². The summed E-state index contributed by atoms with van der Waals surface area (Å²) >= 11 is 5.59. The van der Waals surface area contributed by atoms with Crippen molar-refractivity contribution in [1.29, 1.82) is 0 Å². The predicted octanol–water partition coefficient (Wildman–Crippen LogP) is 4.55. The van der Waals surface area contributed by atoms with E-state index in [4.69, 9.17) is 17.0 Å². The van der Waals surface area contributed by atoms with Gasteiger partial charge >= 0.3 is 0 Å². The minimum atomic E-state index is -0.891. The van der Waals surface area contributed by atoms with Crippen molar-refractivity contribution < 1.29 is 23.1 Å². The third-order valence-electron chi connectivity index (χ3n) is 5.74. The molecule has 180 valence electrons. The maximum atomic E-state index is 14.2. The molecule has 1 aliphatic heterocycles. The molecule has 1 N–H and O–H groups in total. The van der Waals surface area contributed by atoms with Gasteiger partial charge in [0, 0.05) is 12.2 Å². The van der Waals surface area contributed by atoms with Gasteiger partial charge in [-0.15, -0.1) is 0 Å². The number of amides is 2. The number of hydrogen-bond donors (Lipinski definition) is 1. The molecular formula is C26H23F2N3O3S. The molecule has 0 aromatic heterocycles. The average Bonchev–Trinajstić information content (AvgIpc) is 3.08. The maximum absolute atomic E-state index is 14.2. The number of halogens is 2. The van der Waals surface area contributed by atoms with E-state index in [2.05, 4.69) is 5.32 Å². The van der Waals surface area contributed by atoms with Crippen LogP contribution < -0.4 is 15.0 Å². The van der Waals surface area contributed by atoms with Gasteiger partial charge in [-0.1, -0.05) is 18.2 Å². The molecular weight excluding hydrogens is 472 g/mol. The zero-order valence-electron chi connectivity index (χ0n) is 18.9. The smallest absolute Gasteiger partial charge is 0.256 e. The van der Waals surface area contributed by atoms with Crippen molar-refractivity contribution >= 4 is 40.5 Å². The van der Waals surface area contributed by atoms with Crippen LogP contribution in [0.1, 0.15) is 12.0 Å². The van der Waals surface area contributed by atoms with Crippen LogP contribution in [0.4, 0.5) is 20.2 Å². The fourth-order valence-corrected chi connectivity index (χ4v) is 4.33. The SMILES string of the molecule is COc1ccc(NC(=O)CC2C(=O)N(c3ccc(F)cc3)C(=S)N2CCc2ccccc2F)cc1. The number of carbonyl (C=O) groups excluding carboxylic acids is 2. The highest BCUT2D eigenvalue weighted by Crippen LogP contribution is 2.28. The summed E-state index contributed by atoms with van der Waals surface area (Å²) in [6, 6.07) is 17.7. The number of carbonyl (C=O) groups is 2. The average molecular weight is 496 g/mol. The van der Waals surface area contributed by atoms with Crippen molar-refractivity contribution in [2.75, 3.05) is 23.9 Å². The zero-order chi connectivity index (χ0) is 24.9. The Kier molecular flexibility index (Phi) is 7.36. The minimum absolute atomic E-state index is 0.167. The summed E-state index contributed by atoms with van der Waals surface area (Å²) in [6.45, 7) is 0.226. The van der Waals surface area contributed by atoms with Gasteiger partial charge < -0.3 is 15.0 Å². The molecule has 3 aromatic carbocycles. The Morgan fingerprint density at radius 3 is 2.37 bits per heavy atom. The number of benzene rings is 3. The molecule has 4 rings (SSSR count). The summed E-state index contributed by atoms with van der Waals surface area (Å²) in [7, 11) is 1.55. The largest absolute Gasteiger partial charge is 0.497 e. The lowest BCUT2D eigenvalue weighted by Gasteiger charge is -2.24. The van der Waals surface area contributed by atoms with E-state index in [0.717, 1.165) is 0 Å². The Morgan fingerprint density at radius 1 is 1.03 bits per heavy atom. The van der Waals surface area contributed by atoms with E-state index in [0.29, 0.717) is 22.7 Å². The number of nitrogens with one attached hydrogen (secondary N) is 1. The van der Waals surface area contributed by atoms with Crippen LogP contribution in [-0.4, -0.2) is 41.5 Å². The molecule has 0 bridgehead atoms. The second kappa shape index (κ2) is 10.6. The number of rotatable bonds is 8. The first kappa shape index (κ1) is 24.3. The van der Waals surface area contributed by atoms with E-state index in [-0.39, 0.29) is 36.2 Å². The van der Waals surface area contributed by atoms with E-state index in [1.165, 1.54) is 35.2 Å². The van der Waals surface area contributed by atoms with Crippen LogP contribution in [0.5, 0.6) is 5.75 Å². The Morgan fingerprint density at radius 2 is 1.71 bits per heavy atom. The molecule has 35 heavy (non-hydrogen) atoms. The van der Waals surface area contributed by atoms with E-state index in [1.807, 2.05) is 0 Å². The summed E-state index contributed by atoms with van der Waals surface area (Å²) in [5.41, 5.74) is 1.43. The van der Waals surface area contributed by atoms with Crippen molar-refractivity contribution in [2.45, 2.75) is 18.9 Å². The van der Waals surface area contributed by atoms with Crippen LogP contribution in [0.15, 0.2) is 72.8 Å². The molecule has 1 fully saturated rings. The highest BCUT2D eigenvalue weighted by atomic mass is 32.1. The summed E-state index contributed by atoms with van der Waals surface area (Å²) in [6.07, 6.45) is 0.119. The number of nitrogens with zero attached hydrogens (tertiary/aromatic N) is 2. The van der Waals surface area contributed by atoms with Crippen LogP contribution in [0, 0.1) is 11.6 Å². The minimum Gasteiger partial charge on any atom is -0.497 e. The number of hydrogen-bond acceptors (Lipinski definition) is 4. The molecule has 0 saturated carbocycles. The number of ether oxygens (including phenoxy) is 1. The predicted molar refractivity (Wildman–Crippen MR) is 133 cm³/mol. The summed E-state index contributed by atoms with van der Waals surface area (Å²) in [4.78, 5) is 29.2. The van der Waals surface area contributed by atoms with E-state index >= 15 is 0 Å². The molecule has 2 amide bonds. The number of methoxy groups -OCH3 is 1. The van der Waals surface area contributed by atoms with Gasteiger partial charge in [-0.2, -0.15) is 0 Å². The zero-order valence-corrected chi connectivity index (χ0v) is 19.7. The second-order valence-electron chi connectivity index (χ2n) is 7.96. The van der Waals surface area contributed by atoms with Crippen molar-refractivity contribution in [3.63, 3.8) is 0 Å². The highest BCUT2D eigenvalue weighted by molar-refractivity contribution is 7.80. The molecule has 1 aliphatic rings. The summed E-state index contributed by atoms with van der Waals surface area (Å²) in [5, 5.41) is 2.96. The highest BCUT2D eigenvalue weighted by Gasteiger charge is 2.44. The first-order chi connectivity index (χ1) is 16.9. The standard InChI is InChI=1S/C26H23F2N3O3S/c1-34-21-12-8-19(9-13-21)29-24(32)16-23-25(33)31(20-10-6-18(27)7-11-20)26(35)30(23)15-14-17-4-2-3-5-22(17)28/h2-13,23H,14-16H2,1H3,(H,29,32). The summed E-state index contributed by atoms with van der Waals surface area (Å²) in [5.74, 6) is -0.937. The molecule has 0 radical (unpaired) electrons. The molecule has 1 heterocycles. The van der Waals surface area contributed by atoms with Gasteiger partial charge in [0.25, 0.3) is 5.91 Å². The van der Waals surface area contributed by atoms with Gasteiger partial charge in [0.1, 0.15) is 23.4 Å². The van der Waals surface area contributed by atoms with Crippen LogP contribution >= 0.6 is 12.2 Å². The van der Waals surface area contributed by atoms with Crippen LogP contribution in [0.25, 0.3) is 0 Å². The van der Waals surface area contributed by atoms with Crippen molar-refractivity contribution in [3.8, 4) is 5.75 Å². The lowest BCUT2D eigenvalue weighted by molar-refractivity contribution is -0.124. The van der Waals surface area contributed by atoms with Gasteiger partial charge in [-0.3, -0.25) is 14.5 Å². The lowest BCUT2D eigenvalue weighted by atomic mass is 10.1. The van der Waals surface area contributed by atoms with E-state index in [1.54, 1.807) is 54.5 Å². The Hall–Kier alpha value is -3.85. The summed E-state index contributed by atoms with van der Waals surface area (Å²) < 4.78 is 32.8. The topological polar surface area (TPSA) is 61.9 Å². The monoisotopic (exact) mass is 495 g/mol. The molecule has 9 heteroatoms. The Labute approximate surface area is 207 Å². The first-order valence-corrected chi connectivity index (χ1v) is 11.4. The molecule has 1 atom stereocenters. The van der Waals surface area contributed by atoms with E-state index < -0.39 is 17.8 Å². The van der Waals surface area contributed by atoms with Crippen LogP contribution in [0.2, 0.25) is 0 Å². The fourth-order valence-electron chi connectivity index (χ4n) is 3.92. The van der Waals surface area contributed by atoms with Gasteiger partial charge in [-0.25, -0.2) is 8.78 Å². The van der Waals surface area contributed by atoms with Gasteiger partial charge in [0.15, 0.2) is 5.11 Å². The Balaban J connectivity index is 1.55. The molecule has 3 aromatic rings. The third kappa shape index (κ3) is 5.46. The number of anilines is 2. The first-order valence-electron chi connectivity index (χ1n) is 10.9. The van der Waals surface area contributed by atoms with Gasteiger partial charge in [0.05, 0.1) is 19.2 Å². The van der Waals surface area contributed by atoms with Crippen molar-refractivity contribution in [1.82, 2.24) is 4.90 Å². The molecule has 1 unspecified atom stereocenters. The quantitative estimate of drug-likeness (QED) is 0.465. The normalized spacial score (nSPS) is 15.5. The van der Waals surface area contributed by atoms with Crippen molar-refractivity contribution in [2.24, 2.45) is 0 Å². The Bertz CT molecular complexity index is 1240.